The molecule has 1 aliphatic rings. The Morgan fingerprint density at radius 1 is 1.07 bits per heavy atom. The Morgan fingerprint density at radius 3 is 2.61 bits per heavy atom. The smallest absolute Gasteiger partial charge is 0.240 e. The maximum absolute atomic E-state index is 12.3. The van der Waals surface area contributed by atoms with E-state index in [1.807, 2.05) is 12.1 Å². The second-order valence-corrected chi connectivity index (χ2v) is 8.91. The van der Waals surface area contributed by atoms with Gasteiger partial charge in [0, 0.05) is 23.5 Å². The Labute approximate surface area is 168 Å². The lowest BCUT2D eigenvalue weighted by Gasteiger charge is -2.23. The van der Waals surface area contributed by atoms with Crippen LogP contribution in [0.15, 0.2) is 47.6 Å². The van der Waals surface area contributed by atoms with Gasteiger partial charge in [0.25, 0.3) is 0 Å². The summed E-state index contributed by atoms with van der Waals surface area (Å²) in [5.74, 6) is 0.576. The molecule has 2 heterocycles. The first-order chi connectivity index (χ1) is 13.5. The van der Waals surface area contributed by atoms with Gasteiger partial charge in [-0.15, -0.1) is 0 Å². The number of aromatic nitrogens is 2. The van der Waals surface area contributed by atoms with E-state index in [0.717, 1.165) is 42.5 Å². The number of halogens is 1. The number of hydrogen-bond donors (Lipinski definition) is 2. The molecule has 2 N–H and O–H groups in total. The van der Waals surface area contributed by atoms with E-state index < -0.39 is 10.0 Å². The van der Waals surface area contributed by atoms with E-state index in [9.17, 15) is 8.42 Å². The number of rotatable bonds is 5. The van der Waals surface area contributed by atoms with Gasteiger partial charge in [-0.2, -0.15) is 0 Å². The van der Waals surface area contributed by atoms with Crippen LogP contribution in [0.5, 0.6) is 0 Å². The van der Waals surface area contributed by atoms with Crippen LogP contribution in [-0.4, -0.2) is 38.5 Å². The average molecular weight is 418 g/mol. The number of fused-ring (bicyclic) bond motifs is 1. The normalized spacial score (nSPS) is 14.6. The topological polar surface area (TPSA) is 87.2 Å². The quantitative estimate of drug-likeness (QED) is 0.660. The highest BCUT2D eigenvalue weighted by Gasteiger charge is 2.20. The maximum atomic E-state index is 12.3. The van der Waals surface area contributed by atoms with Crippen LogP contribution < -0.4 is 14.9 Å². The lowest BCUT2D eigenvalue weighted by molar-refractivity contribution is 0.588. The van der Waals surface area contributed by atoms with Gasteiger partial charge in [0.05, 0.1) is 21.8 Å². The van der Waals surface area contributed by atoms with E-state index in [0.29, 0.717) is 16.5 Å². The highest BCUT2D eigenvalue weighted by atomic mass is 35.5. The summed E-state index contributed by atoms with van der Waals surface area (Å²) in [5.41, 5.74) is 2.38. The van der Waals surface area contributed by atoms with Crippen LogP contribution in [0.4, 0.5) is 17.2 Å². The van der Waals surface area contributed by atoms with Crippen molar-refractivity contribution in [3.05, 3.63) is 47.7 Å². The molecule has 1 aromatic heterocycles. The van der Waals surface area contributed by atoms with Crippen LogP contribution in [0.2, 0.25) is 5.02 Å². The van der Waals surface area contributed by atoms with Crippen molar-refractivity contribution in [2.24, 2.45) is 0 Å². The van der Waals surface area contributed by atoms with Crippen molar-refractivity contribution in [2.45, 2.75) is 17.7 Å². The standard InChI is InChI=1S/C19H20ClN5O2S/c1-21-28(26,27)14-5-7-18(25-8-2-3-9-25)17(11-14)24-19-15-10-13(20)4-6-16(15)22-12-23-19/h4-7,10-12,21H,2-3,8-9H2,1H3,(H,22,23,24). The van der Waals surface area contributed by atoms with Gasteiger partial charge < -0.3 is 10.2 Å². The van der Waals surface area contributed by atoms with Crippen molar-refractivity contribution in [1.29, 1.82) is 0 Å². The van der Waals surface area contributed by atoms with Crippen LogP contribution in [0.1, 0.15) is 12.8 Å². The summed E-state index contributed by atoms with van der Waals surface area (Å²) in [5, 5.41) is 4.66. The molecule has 0 unspecified atom stereocenters. The number of nitrogens with zero attached hydrogens (tertiary/aromatic N) is 3. The van der Waals surface area contributed by atoms with Crippen molar-refractivity contribution < 1.29 is 8.42 Å². The predicted octanol–water partition coefficient (Wildman–Crippen LogP) is 3.54. The monoisotopic (exact) mass is 417 g/mol. The molecule has 146 valence electrons. The van der Waals surface area contributed by atoms with E-state index in [4.69, 9.17) is 11.6 Å². The van der Waals surface area contributed by atoms with E-state index in [1.54, 1.807) is 24.3 Å². The minimum Gasteiger partial charge on any atom is -0.370 e. The molecule has 0 bridgehead atoms. The summed E-state index contributed by atoms with van der Waals surface area (Å²) in [7, 11) is -2.17. The Morgan fingerprint density at radius 2 is 1.86 bits per heavy atom. The van der Waals surface area contributed by atoms with Gasteiger partial charge in [-0.25, -0.2) is 23.1 Å². The van der Waals surface area contributed by atoms with E-state index in [-0.39, 0.29) is 4.90 Å². The van der Waals surface area contributed by atoms with Crippen LogP contribution in [-0.2, 0) is 10.0 Å². The minimum absolute atomic E-state index is 0.192. The molecule has 4 rings (SSSR count). The molecule has 0 aliphatic carbocycles. The number of sulfonamides is 1. The third-order valence-corrected chi connectivity index (χ3v) is 6.49. The third kappa shape index (κ3) is 3.63. The summed E-state index contributed by atoms with van der Waals surface area (Å²) < 4.78 is 27.0. The summed E-state index contributed by atoms with van der Waals surface area (Å²) in [6.07, 6.45) is 3.70. The van der Waals surface area contributed by atoms with Gasteiger partial charge >= 0.3 is 0 Å². The first kappa shape index (κ1) is 18.9. The van der Waals surface area contributed by atoms with E-state index >= 15 is 0 Å². The first-order valence-electron chi connectivity index (χ1n) is 8.98. The fourth-order valence-corrected chi connectivity index (χ4v) is 4.32. The number of hydrogen-bond acceptors (Lipinski definition) is 6. The molecule has 1 saturated heterocycles. The molecular formula is C19H20ClN5O2S. The number of nitrogens with one attached hydrogen (secondary N) is 2. The molecule has 0 radical (unpaired) electrons. The van der Waals surface area contributed by atoms with Crippen LogP contribution in [0.3, 0.4) is 0 Å². The fourth-order valence-electron chi connectivity index (χ4n) is 3.39. The Bertz CT molecular complexity index is 1130. The molecule has 0 spiro atoms. The van der Waals surface area contributed by atoms with Crippen molar-refractivity contribution in [3.8, 4) is 0 Å². The highest BCUT2D eigenvalue weighted by Crippen LogP contribution is 2.34. The average Bonchev–Trinajstić information content (AvgIpc) is 3.23. The molecule has 3 aromatic rings. The molecule has 7 nitrogen and oxygen atoms in total. The maximum Gasteiger partial charge on any atom is 0.240 e. The Kier molecular flexibility index (Phi) is 5.09. The largest absolute Gasteiger partial charge is 0.370 e. The zero-order valence-electron chi connectivity index (χ0n) is 15.3. The van der Waals surface area contributed by atoms with Crippen LogP contribution in [0.25, 0.3) is 10.9 Å². The van der Waals surface area contributed by atoms with Gasteiger partial charge in [0.1, 0.15) is 12.1 Å². The number of anilines is 3. The van der Waals surface area contributed by atoms with Gasteiger partial charge in [0.15, 0.2) is 0 Å². The second-order valence-electron chi connectivity index (χ2n) is 6.59. The minimum atomic E-state index is -3.56. The fraction of sp³-hybridized carbons (Fsp3) is 0.263. The van der Waals surface area contributed by atoms with Gasteiger partial charge in [-0.1, -0.05) is 11.6 Å². The summed E-state index contributed by atoms with van der Waals surface area (Å²) in [6.45, 7) is 1.87. The van der Waals surface area contributed by atoms with E-state index in [1.165, 1.54) is 13.4 Å². The van der Waals surface area contributed by atoms with Crippen molar-refractivity contribution in [1.82, 2.24) is 14.7 Å². The Balaban J connectivity index is 1.83. The first-order valence-corrected chi connectivity index (χ1v) is 10.8. The molecule has 28 heavy (non-hydrogen) atoms. The highest BCUT2D eigenvalue weighted by molar-refractivity contribution is 7.89. The summed E-state index contributed by atoms with van der Waals surface area (Å²) in [4.78, 5) is 11.1. The van der Waals surface area contributed by atoms with E-state index in [2.05, 4.69) is 24.9 Å². The van der Waals surface area contributed by atoms with Gasteiger partial charge in [-0.05, 0) is 56.3 Å². The Hall–Kier alpha value is -2.42. The lowest BCUT2D eigenvalue weighted by atomic mass is 10.2. The molecule has 0 atom stereocenters. The van der Waals surface area contributed by atoms with Crippen molar-refractivity contribution in [2.75, 3.05) is 30.4 Å². The SMILES string of the molecule is CNS(=O)(=O)c1ccc(N2CCCC2)c(Nc2ncnc3ccc(Cl)cc23)c1. The lowest BCUT2D eigenvalue weighted by Crippen LogP contribution is -2.21. The molecule has 1 fully saturated rings. The third-order valence-electron chi connectivity index (χ3n) is 4.84. The second kappa shape index (κ2) is 7.54. The summed E-state index contributed by atoms with van der Waals surface area (Å²) in [6, 6.07) is 10.5. The predicted molar refractivity (Wildman–Crippen MR) is 112 cm³/mol. The molecule has 9 heteroatoms. The van der Waals surface area contributed by atoms with Crippen LogP contribution in [0, 0.1) is 0 Å². The molecular weight excluding hydrogens is 398 g/mol. The zero-order valence-corrected chi connectivity index (χ0v) is 16.9. The van der Waals surface area contributed by atoms with Crippen molar-refractivity contribution in [3.63, 3.8) is 0 Å². The molecule has 2 aromatic carbocycles. The van der Waals surface area contributed by atoms with Crippen LogP contribution >= 0.6 is 11.6 Å². The van der Waals surface area contributed by atoms with Crippen molar-refractivity contribution >= 4 is 49.7 Å². The molecule has 0 amide bonds. The molecule has 1 aliphatic heterocycles. The van der Waals surface area contributed by atoms with Gasteiger partial charge in [-0.3, -0.25) is 0 Å². The zero-order chi connectivity index (χ0) is 19.7. The number of benzene rings is 2. The van der Waals surface area contributed by atoms with Gasteiger partial charge in [0.2, 0.25) is 10.0 Å². The summed E-state index contributed by atoms with van der Waals surface area (Å²) >= 11 is 6.15. The molecule has 0 saturated carbocycles.